The van der Waals surface area contributed by atoms with E-state index < -0.39 is 28.1 Å². The van der Waals surface area contributed by atoms with Crippen molar-refractivity contribution in [2.45, 2.75) is 50.9 Å². The minimum absolute atomic E-state index is 0.0510. The highest BCUT2D eigenvalue weighted by Crippen LogP contribution is 2.52. The van der Waals surface area contributed by atoms with Gasteiger partial charge in [0.15, 0.2) is 0 Å². The van der Waals surface area contributed by atoms with Crippen LogP contribution in [0.1, 0.15) is 44.2 Å². The molecule has 170 valence electrons. The Morgan fingerprint density at radius 3 is 2.28 bits per heavy atom. The third kappa shape index (κ3) is 5.35. The smallest absolute Gasteiger partial charge is 0.408 e. The lowest BCUT2D eigenvalue weighted by Crippen LogP contribution is -2.47. The van der Waals surface area contributed by atoms with Gasteiger partial charge in [0.25, 0.3) is 5.69 Å². The minimum Gasteiger partial charge on any atom is -0.497 e. The van der Waals surface area contributed by atoms with E-state index in [0.29, 0.717) is 17.7 Å². The van der Waals surface area contributed by atoms with E-state index in [0.717, 1.165) is 5.56 Å². The fourth-order valence-electron chi connectivity index (χ4n) is 3.39. The monoisotopic (exact) mass is 442 g/mol. The number of carbonyl (C=O) groups is 2. The van der Waals surface area contributed by atoms with Gasteiger partial charge in [-0.15, -0.1) is 0 Å². The highest BCUT2D eigenvalue weighted by Gasteiger charge is 2.63. The molecule has 1 fully saturated rings. The van der Waals surface area contributed by atoms with Crippen molar-refractivity contribution in [3.05, 3.63) is 69.8 Å². The molecule has 9 heteroatoms. The largest absolute Gasteiger partial charge is 0.497 e. The number of benzene rings is 2. The Kier molecular flexibility index (Phi) is 6.38. The number of nitrogens with one attached hydrogen (secondary N) is 1. The van der Waals surface area contributed by atoms with Crippen LogP contribution in [0.5, 0.6) is 5.75 Å². The van der Waals surface area contributed by atoms with Crippen LogP contribution in [0.2, 0.25) is 0 Å². The second kappa shape index (κ2) is 8.86. The van der Waals surface area contributed by atoms with Gasteiger partial charge in [0.2, 0.25) is 0 Å². The lowest BCUT2D eigenvalue weighted by molar-refractivity contribution is -0.384. The van der Waals surface area contributed by atoms with E-state index in [9.17, 15) is 19.7 Å². The summed E-state index contributed by atoms with van der Waals surface area (Å²) in [6.07, 6.45) is -0.349. The van der Waals surface area contributed by atoms with Gasteiger partial charge >= 0.3 is 12.1 Å². The van der Waals surface area contributed by atoms with Gasteiger partial charge < -0.3 is 19.5 Å². The maximum absolute atomic E-state index is 13.1. The van der Waals surface area contributed by atoms with Crippen LogP contribution in [0.15, 0.2) is 48.5 Å². The first-order chi connectivity index (χ1) is 15.0. The molecule has 2 aromatic carbocycles. The van der Waals surface area contributed by atoms with Crippen LogP contribution in [0, 0.1) is 10.1 Å². The molecule has 0 unspecified atom stereocenters. The maximum Gasteiger partial charge on any atom is 0.408 e. The molecular formula is C23H26N2O7. The Balaban J connectivity index is 1.75. The highest BCUT2D eigenvalue weighted by molar-refractivity contribution is 5.91. The Bertz CT molecular complexity index is 997. The third-order valence-corrected chi connectivity index (χ3v) is 5.08. The number of nitro groups is 1. The average molecular weight is 442 g/mol. The summed E-state index contributed by atoms with van der Waals surface area (Å²) in [5, 5.41) is 13.5. The van der Waals surface area contributed by atoms with Crippen molar-refractivity contribution in [3.63, 3.8) is 0 Å². The molecule has 0 radical (unpaired) electrons. The molecule has 1 aliphatic rings. The molecule has 0 bridgehead atoms. The second-order valence-corrected chi connectivity index (χ2v) is 8.63. The zero-order valence-corrected chi connectivity index (χ0v) is 18.4. The number of esters is 1. The van der Waals surface area contributed by atoms with Crippen LogP contribution < -0.4 is 10.1 Å². The van der Waals surface area contributed by atoms with Crippen molar-refractivity contribution in [2.24, 2.45) is 0 Å². The summed E-state index contributed by atoms with van der Waals surface area (Å²) in [5.74, 6) is -0.200. The van der Waals surface area contributed by atoms with Crippen molar-refractivity contribution < 1.29 is 28.7 Å². The molecule has 32 heavy (non-hydrogen) atoms. The fourth-order valence-corrected chi connectivity index (χ4v) is 3.39. The van der Waals surface area contributed by atoms with Gasteiger partial charge in [0, 0.05) is 18.1 Å². The Hall–Kier alpha value is -3.62. The molecule has 0 aromatic heterocycles. The van der Waals surface area contributed by atoms with Crippen molar-refractivity contribution >= 4 is 17.7 Å². The first kappa shape index (κ1) is 23.1. The number of amides is 1. The molecule has 1 N–H and O–H groups in total. The molecule has 1 aliphatic carbocycles. The van der Waals surface area contributed by atoms with Crippen LogP contribution in [0.25, 0.3) is 0 Å². The van der Waals surface area contributed by atoms with Gasteiger partial charge in [-0.25, -0.2) is 9.59 Å². The fraction of sp³-hybridized carbons (Fsp3) is 0.391. The number of nitro benzene ring substituents is 1. The molecule has 0 heterocycles. The van der Waals surface area contributed by atoms with Crippen LogP contribution in [-0.2, 0) is 20.9 Å². The van der Waals surface area contributed by atoms with Gasteiger partial charge in [-0.05, 0) is 62.6 Å². The Morgan fingerprint density at radius 1 is 1.12 bits per heavy atom. The van der Waals surface area contributed by atoms with E-state index in [-0.39, 0.29) is 18.2 Å². The van der Waals surface area contributed by atoms with Crippen molar-refractivity contribution in [2.75, 3.05) is 7.11 Å². The summed E-state index contributed by atoms with van der Waals surface area (Å²) in [7, 11) is 1.57. The molecule has 0 spiro atoms. The maximum atomic E-state index is 13.1. The zero-order valence-electron chi connectivity index (χ0n) is 18.4. The van der Waals surface area contributed by atoms with E-state index in [2.05, 4.69) is 5.32 Å². The topological polar surface area (TPSA) is 117 Å². The number of nitrogens with zero attached hydrogens (tertiary/aromatic N) is 1. The molecule has 1 amide bonds. The van der Waals surface area contributed by atoms with Gasteiger partial charge in [-0.2, -0.15) is 0 Å². The summed E-state index contributed by atoms with van der Waals surface area (Å²) in [4.78, 5) is 35.8. The van der Waals surface area contributed by atoms with Crippen LogP contribution in [0.4, 0.5) is 10.5 Å². The van der Waals surface area contributed by atoms with E-state index >= 15 is 0 Å². The van der Waals surface area contributed by atoms with Crippen LogP contribution in [0.3, 0.4) is 0 Å². The van der Waals surface area contributed by atoms with E-state index in [1.807, 2.05) is 12.1 Å². The van der Waals surface area contributed by atoms with E-state index in [4.69, 9.17) is 14.2 Å². The lowest BCUT2D eigenvalue weighted by atomic mass is 10.1. The quantitative estimate of drug-likeness (QED) is 0.390. The summed E-state index contributed by atoms with van der Waals surface area (Å²) >= 11 is 0. The summed E-state index contributed by atoms with van der Waals surface area (Å²) in [6, 6.07) is 13.0. The first-order valence-corrected chi connectivity index (χ1v) is 10.1. The Labute approximate surface area is 185 Å². The average Bonchev–Trinajstić information content (AvgIpc) is 3.46. The highest BCUT2D eigenvalue weighted by atomic mass is 16.6. The van der Waals surface area contributed by atoms with Crippen LogP contribution in [-0.4, -0.2) is 35.2 Å². The summed E-state index contributed by atoms with van der Waals surface area (Å²) < 4.78 is 16.0. The molecule has 0 saturated heterocycles. The lowest BCUT2D eigenvalue weighted by Gasteiger charge is -2.23. The van der Waals surface area contributed by atoms with Gasteiger partial charge in [-0.3, -0.25) is 10.1 Å². The summed E-state index contributed by atoms with van der Waals surface area (Å²) in [6.45, 7) is 5.13. The summed E-state index contributed by atoms with van der Waals surface area (Å²) in [5.41, 5.74) is -0.576. The van der Waals surface area contributed by atoms with Gasteiger partial charge in [-0.1, -0.05) is 12.1 Å². The van der Waals surface area contributed by atoms with Gasteiger partial charge in [0.05, 0.1) is 12.0 Å². The standard InChI is InChI=1S/C23H26N2O7/c1-22(2,3)32-21(27)24-23(13-19(23)16-7-11-18(30-4)12-8-16)20(26)31-14-15-5-9-17(10-6-15)25(28)29/h5-12,19H,13-14H2,1-4H3,(H,24,27)/t19-,23+/m0/s1. The number of ether oxygens (including phenoxy) is 3. The van der Waals surface area contributed by atoms with Crippen molar-refractivity contribution in [3.8, 4) is 5.75 Å². The molecule has 2 atom stereocenters. The number of methoxy groups -OCH3 is 1. The first-order valence-electron chi connectivity index (χ1n) is 10.1. The molecular weight excluding hydrogens is 416 g/mol. The number of hydrogen-bond donors (Lipinski definition) is 1. The molecule has 3 rings (SSSR count). The third-order valence-electron chi connectivity index (χ3n) is 5.08. The van der Waals surface area contributed by atoms with Crippen LogP contribution >= 0.6 is 0 Å². The van der Waals surface area contributed by atoms with E-state index in [1.54, 1.807) is 40.0 Å². The molecule has 0 aliphatic heterocycles. The molecule has 9 nitrogen and oxygen atoms in total. The Morgan fingerprint density at radius 2 is 1.75 bits per heavy atom. The van der Waals surface area contributed by atoms with Gasteiger partial charge in [0.1, 0.15) is 23.5 Å². The molecule has 2 aromatic rings. The number of alkyl carbamates (subject to hydrolysis) is 1. The minimum atomic E-state index is -1.25. The van der Waals surface area contributed by atoms with Crippen molar-refractivity contribution in [1.29, 1.82) is 0 Å². The van der Waals surface area contributed by atoms with Crippen molar-refractivity contribution in [1.82, 2.24) is 5.32 Å². The number of rotatable bonds is 7. The number of hydrogen-bond acceptors (Lipinski definition) is 7. The molecule has 1 saturated carbocycles. The normalized spacial score (nSPS) is 19.6. The predicted octanol–water partition coefficient (Wildman–Crippen LogP) is 4.10. The van der Waals surface area contributed by atoms with E-state index in [1.165, 1.54) is 24.3 Å². The number of carbonyl (C=O) groups excluding carboxylic acids is 2. The second-order valence-electron chi connectivity index (χ2n) is 8.63. The zero-order chi connectivity index (χ0) is 23.5. The number of non-ortho nitro benzene ring substituents is 1. The SMILES string of the molecule is COc1ccc([C@@H]2C[C@]2(NC(=O)OC(C)(C)C)C(=O)OCc2ccc([N+](=O)[O-])cc2)cc1. The predicted molar refractivity (Wildman–Crippen MR) is 115 cm³/mol.